The number of hydrogen-bond donors (Lipinski definition) is 0. The fourth-order valence-corrected chi connectivity index (χ4v) is 2.50. The van der Waals surface area contributed by atoms with Gasteiger partial charge in [0.1, 0.15) is 18.1 Å². The monoisotopic (exact) mass is 284 g/mol. The van der Waals surface area contributed by atoms with E-state index in [0.717, 1.165) is 36.4 Å². The van der Waals surface area contributed by atoms with E-state index in [9.17, 15) is 0 Å². The zero-order chi connectivity index (χ0) is 15.2. The fourth-order valence-electron chi connectivity index (χ4n) is 2.50. The van der Waals surface area contributed by atoms with Crippen molar-refractivity contribution in [3.8, 4) is 11.8 Å². The van der Waals surface area contributed by atoms with Crippen LogP contribution in [0.15, 0.2) is 28.2 Å². The van der Waals surface area contributed by atoms with Gasteiger partial charge >= 0.3 is 0 Å². The normalized spacial score (nSPS) is 22.4. The molecule has 1 aromatic rings. The Kier molecular flexibility index (Phi) is 5.47. The first-order valence-electron chi connectivity index (χ1n) is 7.51. The van der Waals surface area contributed by atoms with Crippen LogP contribution in [0.25, 0.3) is 6.08 Å². The van der Waals surface area contributed by atoms with Gasteiger partial charge in [0.05, 0.1) is 6.61 Å². The summed E-state index contributed by atoms with van der Waals surface area (Å²) in [4.78, 5) is 0. The van der Waals surface area contributed by atoms with Crippen molar-refractivity contribution in [1.82, 2.24) is 0 Å². The summed E-state index contributed by atoms with van der Waals surface area (Å²) in [6.45, 7) is 11.5. The number of fused-ring (bicyclic) bond motifs is 2. The van der Waals surface area contributed by atoms with Crippen molar-refractivity contribution in [2.24, 2.45) is 5.92 Å². The van der Waals surface area contributed by atoms with Gasteiger partial charge in [0.15, 0.2) is 0 Å². The minimum Gasteiger partial charge on any atom is -0.461 e. The summed E-state index contributed by atoms with van der Waals surface area (Å²) in [7, 11) is 0. The molecule has 21 heavy (non-hydrogen) atoms. The Morgan fingerprint density at radius 3 is 2.90 bits per heavy atom. The lowest BCUT2D eigenvalue weighted by Gasteiger charge is -2.14. The van der Waals surface area contributed by atoms with Gasteiger partial charge in [0, 0.05) is 12.8 Å². The smallest absolute Gasteiger partial charge is 0.127 e. The second-order valence-electron chi connectivity index (χ2n) is 5.88. The third-order valence-electron chi connectivity index (χ3n) is 3.80. The first kappa shape index (κ1) is 15.7. The van der Waals surface area contributed by atoms with Crippen molar-refractivity contribution in [2.75, 3.05) is 13.2 Å². The van der Waals surface area contributed by atoms with E-state index >= 15 is 0 Å². The molecule has 0 spiro atoms. The molecule has 0 fully saturated rings. The molecule has 2 nitrogen and oxygen atoms in total. The van der Waals surface area contributed by atoms with Crippen LogP contribution in [0.1, 0.15) is 43.8 Å². The second kappa shape index (κ2) is 7.33. The number of ether oxygens (including phenoxy) is 1. The van der Waals surface area contributed by atoms with Gasteiger partial charge in [0.25, 0.3) is 0 Å². The summed E-state index contributed by atoms with van der Waals surface area (Å²) in [5, 5.41) is 0. The lowest BCUT2D eigenvalue weighted by Crippen LogP contribution is -2.06. The molecule has 1 aromatic heterocycles. The highest BCUT2D eigenvalue weighted by molar-refractivity contribution is 5.49. The Hall–Kier alpha value is -1.72. The highest BCUT2D eigenvalue weighted by Gasteiger charge is 2.15. The van der Waals surface area contributed by atoms with Crippen LogP contribution in [-0.2, 0) is 11.2 Å². The lowest BCUT2D eigenvalue weighted by molar-refractivity contribution is 0.192. The van der Waals surface area contributed by atoms with E-state index in [1.165, 1.54) is 11.1 Å². The Labute approximate surface area is 127 Å². The molecule has 1 aliphatic heterocycles. The van der Waals surface area contributed by atoms with Crippen molar-refractivity contribution in [3.05, 3.63) is 40.9 Å². The van der Waals surface area contributed by atoms with Gasteiger partial charge in [-0.05, 0) is 56.4 Å². The van der Waals surface area contributed by atoms with E-state index in [1.807, 2.05) is 13.0 Å². The average Bonchev–Trinajstić information content (AvgIpc) is 2.75. The summed E-state index contributed by atoms with van der Waals surface area (Å²) in [5.41, 5.74) is 3.55. The van der Waals surface area contributed by atoms with Crippen LogP contribution in [0.3, 0.4) is 0 Å². The molecule has 0 aromatic carbocycles. The molecule has 2 rings (SSSR count). The molecule has 0 N–H and O–H groups in total. The highest BCUT2D eigenvalue weighted by atomic mass is 16.5. The maximum atomic E-state index is 6.00. The van der Waals surface area contributed by atoms with Gasteiger partial charge in [-0.25, -0.2) is 0 Å². The molecule has 0 amide bonds. The van der Waals surface area contributed by atoms with Crippen molar-refractivity contribution in [1.29, 1.82) is 0 Å². The van der Waals surface area contributed by atoms with E-state index in [1.54, 1.807) is 0 Å². The molecule has 1 atom stereocenters. The van der Waals surface area contributed by atoms with Crippen LogP contribution >= 0.6 is 0 Å². The Morgan fingerprint density at radius 2 is 2.14 bits per heavy atom. The third kappa shape index (κ3) is 4.65. The highest BCUT2D eigenvalue weighted by Crippen LogP contribution is 2.25. The minimum absolute atomic E-state index is 0.422. The summed E-state index contributed by atoms with van der Waals surface area (Å²) >= 11 is 0. The van der Waals surface area contributed by atoms with Crippen molar-refractivity contribution in [2.45, 2.75) is 40.0 Å². The number of aryl methyl sites for hydroxylation is 1. The van der Waals surface area contributed by atoms with Gasteiger partial charge in [-0.15, -0.1) is 5.92 Å². The molecule has 2 heterocycles. The van der Waals surface area contributed by atoms with Crippen molar-refractivity contribution in [3.63, 3.8) is 0 Å². The number of rotatable bonds is 1. The van der Waals surface area contributed by atoms with Crippen LogP contribution in [0.2, 0.25) is 0 Å². The van der Waals surface area contributed by atoms with E-state index in [2.05, 4.69) is 38.3 Å². The molecule has 0 aliphatic carbocycles. The van der Waals surface area contributed by atoms with Crippen LogP contribution in [0, 0.1) is 24.7 Å². The third-order valence-corrected chi connectivity index (χ3v) is 3.80. The van der Waals surface area contributed by atoms with Crippen LogP contribution < -0.4 is 0 Å². The molecule has 0 unspecified atom stereocenters. The maximum Gasteiger partial charge on any atom is 0.127 e. The number of allylic oxidation sites excluding steroid dienone is 1. The molecule has 1 aliphatic rings. The Morgan fingerprint density at radius 1 is 1.33 bits per heavy atom. The second-order valence-corrected chi connectivity index (χ2v) is 5.88. The van der Waals surface area contributed by atoms with Crippen molar-refractivity contribution >= 4 is 6.08 Å². The first-order valence-corrected chi connectivity index (χ1v) is 7.51. The van der Waals surface area contributed by atoms with Crippen LogP contribution in [0.4, 0.5) is 0 Å². The predicted molar refractivity (Wildman–Crippen MR) is 86.9 cm³/mol. The van der Waals surface area contributed by atoms with Gasteiger partial charge in [-0.3, -0.25) is 0 Å². The van der Waals surface area contributed by atoms with Crippen LogP contribution in [-0.4, -0.2) is 13.2 Å². The lowest BCUT2D eigenvalue weighted by atomic mass is 9.91. The maximum absolute atomic E-state index is 6.00. The quantitative estimate of drug-likeness (QED) is 0.558. The SMILES string of the molecule is C=C(C)[C@H]1CCC#CCOC/C(C)=C\c2cc(C)c(o2)C1. The summed E-state index contributed by atoms with van der Waals surface area (Å²) in [5.74, 6) is 8.66. The van der Waals surface area contributed by atoms with E-state index in [4.69, 9.17) is 9.15 Å². The zero-order valence-electron chi connectivity index (χ0n) is 13.3. The molecule has 2 bridgehead atoms. The molecular formula is C19H24O2. The average molecular weight is 284 g/mol. The molecule has 0 saturated heterocycles. The first-order chi connectivity index (χ1) is 10.1. The van der Waals surface area contributed by atoms with Gasteiger partial charge in [0.2, 0.25) is 0 Å². The molecule has 112 valence electrons. The summed E-state index contributed by atoms with van der Waals surface area (Å²) < 4.78 is 11.5. The zero-order valence-corrected chi connectivity index (χ0v) is 13.3. The minimum atomic E-state index is 0.422. The summed E-state index contributed by atoms with van der Waals surface area (Å²) in [6.07, 6.45) is 4.85. The van der Waals surface area contributed by atoms with Crippen LogP contribution in [0.5, 0.6) is 0 Å². The number of hydrogen-bond acceptors (Lipinski definition) is 2. The largest absolute Gasteiger partial charge is 0.461 e. The standard InChI is InChI=1S/C19H24O2/c1-14(2)17-8-6-5-7-9-20-13-15(3)10-18-11-16(4)19(12-17)21-18/h10-11,17H,1,6,8-9,12-13H2,2-4H3/b15-10-/t17-/m0/s1. The Balaban J connectivity index is 2.27. The van der Waals surface area contributed by atoms with E-state index in [-0.39, 0.29) is 0 Å². The van der Waals surface area contributed by atoms with Crippen molar-refractivity contribution < 1.29 is 9.15 Å². The van der Waals surface area contributed by atoms with Gasteiger partial charge in [-0.1, -0.05) is 18.1 Å². The number of furan rings is 1. The van der Waals surface area contributed by atoms with Gasteiger partial charge in [-0.2, -0.15) is 0 Å². The molecule has 0 radical (unpaired) electrons. The Bertz CT molecular complexity index is 593. The topological polar surface area (TPSA) is 22.4 Å². The molecule has 0 saturated carbocycles. The molecular weight excluding hydrogens is 260 g/mol. The summed E-state index contributed by atoms with van der Waals surface area (Å²) in [6, 6.07) is 2.10. The van der Waals surface area contributed by atoms with E-state index in [0.29, 0.717) is 19.1 Å². The van der Waals surface area contributed by atoms with Gasteiger partial charge < -0.3 is 9.15 Å². The molecule has 2 heteroatoms. The fraction of sp³-hybridized carbons (Fsp3) is 0.474. The van der Waals surface area contributed by atoms with E-state index < -0.39 is 0 Å². The predicted octanol–water partition coefficient (Wildman–Crippen LogP) is 4.54.